The van der Waals surface area contributed by atoms with E-state index in [-0.39, 0.29) is 35.7 Å². The zero-order valence-corrected chi connectivity index (χ0v) is 23.2. The zero-order valence-electron chi connectivity index (χ0n) is 22.4. The summed E-state index contributed by atoms with van der Waals surface area (Å²) >= 11 is 6.28. The minimum atomic E-state index is -0.504. The number of hydrogen-bond donors (Lipinski definition) is 2. The second-order valence-corrected chi connectivity index (χ2v) is 11.2. The zero-order chi connectivity index (χ0) is 26.7. The van der Waals surface area contributed by atoms with Crippen LogP contribution in [0.3, 0.4) is 0 Å². The Morgan fingerprint density at radius 2 is 1.84 bits per heavy atom. The standard InChI is InChI=1S/C28H40ClN5O3/c1-18(30-2)26(35)31-25(19-9-6-5-7-10-19)28(37)34-14-8-11-21(34)16-33-17-23(27(36)32(3)4)22-15-20(29)12-13-24(22)33/h12-13,15,17-19,21,25,30H,5-11,14,16H2,1-4H3,(H,31,35). The minimum Gasteiger partial charge on any atom is -0.345 e. The predicted octanol–water partition coefficient (Wildman–Crippen LogP) is 3.66. The van der Waals surface area contributed by atoms with Crippen molar-refractivity contribution in [2.75, 3.05) is 27.7 Å². The van der Waals surface area contributed by atoms with E-state index in [0.717, 1.165) is 49.4 Å². The van der Waals surface area contributed by atoms with Gasteiger partial charge in [-0.15, -0.1) is 0 Å². The summed E-state index contributed by atoms with van der Waals surface area (Å²) < 4.78 is 2.08. The minimum absolute atomic E-state index is 0.00852. The summed E-state index contributed by atoms with van der Waals surface area (Å²) in [6.45, 7) is 3.08. The van der Waals surface area contributed by atoms with Gasteiger partial charge >= 0.3 is 0 Å². The fraction of sp³-hybridized carbons (Fsp3) is 0.607. The lowest BCUT2D eigenvalue weighted by atomic mass is 9.83. The SMILES string of the molecule is CNC(C)C(=O)NC(C(=O)N1CCCC1Cn1cc(C(=O)N(C)C)c2cc(Cl)ccc21)C1CCCCC1. The Hall–Kier alpha value is -2.58. The third-order valence-electron chi connectivity index (χ3n) is 8.06. The van der Waals surface area contributed by atoms with E-state index < -0.39 is 6.04 Å². The van der Waals surface area contributed by atoms with Crippen LogP contribution in [0.1, 0.15) is 62.2 Å². The van der Waals surface area contributed by atoms with Crippen LogP contribution in [-0.2, 0) is 16.1 Å². The molecule has 2 N–H and O–H groups in total. The van der Waals surface area contributed by atoms with Crippen molar-refractivity contribution in [2.24, 2.45) is 5.92 Å². The van der Waals surface area contributed by atoms with Crippen molar-refractivity contribution in [1.82, 2.24) is 25.0 Å². The number of rotatable bonds is 8. The van der Waals surface area contributed by atoms with Gasteiger partial charge in [0.15, 0.2) is 0 Å². The van der Waals surface area contributed by atoms with E-state index in [1.165, 1.54) is 6.42 Å². The van der Waals surface area contributed by atoms with Gasteiger partial charge in [0.25, 0.3) is 5.91 Å². The van der Waals surface area contributed by atoms with Gasteiger partial charge in [-0.25, -0.2) is 0 Å². The highest BCUT2D eigenvalue weighted by molar-refractivity contribution is 6.31. The summed E-state index contributed by atoms with van der Waals surface area (Å²) in [6, 6.07) is 4.73. The Morgan fingerprint density at radius 3 is 2.51 bits per heavy atom. The fourth-order valence-corrected chi connectivity index (χ4v) is 5.98. The Bertz CT molecular complexity index is 1140. The van der Waals surface area contributed by atoms with Gasteiger partial charge in [-0.3, -0.25) is 14.4 Å². The summed E-state index contributed by atoms with van der Waals surface area (Å²) in [5.41, 5.74) is 1.53. The van der Waals surface area contributed by atoms with Gasteiger partial charge in [-0.2, -0.15) is 0 Å². The average molecular weight is 530 g/mol. The van der Waals surface area contributed by atoms with Crippen LogP contribution in [0.4, 0.5) is 0 Å². The maximum absolute atomic E-state index is 14.0. The van der Waals surface area contributed by atoms with Gasteiger partial charge in [0.05, 0.1) is 11.6 Å². The van der Waals surface area contributed by atoms with Gasteiger partial charge in [-0.05, 0) is 63.8 Å². The van der Waals surface area contributed by atoms with Gasteiger partial charge < -0.3 is 25.0 Å². The van der Waals surface area contributed by atoms with Crippen molar-refractivity contribution in [3.63, 3.8) is 0 Å². The maximum Gasteiger partial charge on any atom is 0.255 e. The van der Waals surface area contributed by atoms with Gasteiger partial charge in [0.2, 0.25) is 11.8 Å². The number of halogens is 1. The number of carbonyl (C=O) groups is 3. The van der Waals surface area contributed by atoms with Crippen LogP contribution in [0.2, 0.25) is 5.02 Å². The maximum atomic E-state index is 14.0. The monoisotopic (exact) mass is 529 g/mol. The molecule has 2 aliphatic rings. The summed E-state index contributed by atoms with van der Waals surface area (Å²) in [5.74, 6) is -0.0316. The predicted molar refractivity (Wildman–Crippen MR) is 147 cm³/mol. The first-order valence-electron chi connectivity index (χ1n) is 13.5. The highest BCUT2D eigenvalue weighted by Gasteiger charge is 2.39. The molecular formula is C28H40ClN5O3. The van der Waals surface area contributed by atoms with Crippen molar-refractivity contribution in [3.8, 4) is 0 Å². The van der Waals surface area contributed by atoms with Crippen LogP contribution >= 0.6 is 11.6 Å². The highest BCUT2D eigenvalue weighted by Crippen LogP contribution is 2.31. The van der Waals surface area contributed by atoms with E-state index >= 15 is 0 Å². The molecule has 8 nitrogen and oxygen atoms in total. The second-order valence-electron chi connectivity index (χ2n) is 10.8. The third-order valence-corrected chi connectivity index (χ3v) is 8.29. The lowest BCUT2D eigenvalue weighted by Gasteiger charge is -2.35. The largest absolute Gasteiger partial charge is 0.345 e. The van der Waals surface area contributed by atoms with Gasteiger partial charge in [0.1, 0.15) is 6.04 Å². The first-order valence-corrected chi connectivity index (χ1v) is 13.9. The molecule has 0 spiro atoms. The van der Waals surface area contributed by atoms with E-state index in [0.29, 0.717) is 23.7 Å². The molecule has 0 radical (unpaired) electrons. The van der Waals surface area contributed by atoms with E-state index in [4.69, 9.17) is 11.6 Å². The number of amides is 3. The smallest absolute Gasteiger partial charge is 0.255 e. The molecule has 1 aromatic heterocycles. The van der Waals surface area contributed by atoms with Gasteiger partial charge in [-0.1, -0.05) is 30.9 Å². The Morgan fingerprint density at radius 1 is 1.11 bits per heavy atom. The quantitative estimate of drug-likeness (QED) is 0.546. The van der Waals surface area contributed by atoms with Crippen molar-refractivity contribution < 1.29 is 14.4 Å². The van der Waals surface area contributed by atoms with Gasteiger partial charge in [0, 0.05) is 55.3 Å². The molecule has 9 heteroatoms. The number of nitrogens with zero attached hydrogens (tertiary/aromatic N) is 3. The highest BCUT2D eigenvalue weighted by atomic mass is 35.5. The first kappa shape index (κ1) is 27.5. The number of fused-ring (bicyclic) bond motifs is 1. The van der Waals surface area contributed by atoms with E-state index in [2.05, 4.69) is 15.2 Å². The molecule has 37 heavy (non-hydrogen) atoms. The number of benzene rings is 1. The molecule has 2 aromatic rings. The topological polar surface area (TPSA) is 86.7 Å². The second kappa shape index (κ2) is 11.9. The van der Waals surface area contributed by atoms with Crippen LogP contribution in [0.15, 0.2) is 24.4 Å². The number of carbonyl (C=O) groups excluding carboxylic acids is 3. The molecule has 1 aliphatic carbocycles. The molecule has 1 saturated carbocycles. The molecule has 1 saturated heterocycles. The van der Waals surface area contributed by atoms with Crippen LogP contribution in [0.25, 0.3) is 10.9 Å². The normalized spacial score (nSPS) is 20.1. The van der Waals surface area contributed by atoms with Crippen LogP contribution in [0.5, 0.6) is 0 Å². The summed E-state index contributed by atoms with van der Waals surface area (Å²) in [5, 5.41) is 7.48. The molecule has 3 amide bonds. The van der Waals surface area contributed by atoms with Crippen LogP contribution in [0, 0.1) is 5.92 Å². The summed E-state index contributed by atoms with van der Waals surface area (Å²) in [6.07, 6.45) is 8.98. The van der Waals surface area contributed by atoms with Crippen LogP contribution < -0.4 is 10.6 Å². The number of aromatic nitrogens is 1. The Balaban J connectivity index is 1.60. The molecule has 1 aromatic carbocycles. The van der Waals surface area contributed by atoms with Crippen molar-refractivity contribution in [1.29, 1.82) is 0 Å². The molecule has 3 atom stereocenters. The number of likely N-dealkylation sites (N-methyl/N-ethyl adjacent to an activating group) is 1. The molecule has 0 bridgehead atoms. The van der Waals surface area contributed by atoms with Crippen molar-refractivity contribution >= 4 is 40.2 Å². The molecule has 1 aliphatic heterocycles. The summed E-state index contributed by atoms with van der Waals surface area (Å²) in [4.78, 5) is 43.3. The molecule has 4 rings (SSSR count). The molecule has 2 fully saturated rings. The van der Waals surface area contributed by atoms with E-state index in [9.17, 15) is 14.4 Å². The molecular weight excluding hydrogens is 490 g/mol. The number of nitrogens with one attached hydrogen (secondary N) is 2. The Labute approximate surface area is 224 Å². The van der Waals surface area contributed by atoms with E-state index in [1.807, 2.05) is 36.2 Å². The lowest BCUT2D eigenvalue weighted by molar-refractivity contribution is -0.139. The third kappa shape index (κ3) is 5.96. The molecule has 3 unspecified atom stereocenters. The number of hydrogen-bond acceptors (Lipinski definition) is 4. The van der Waals surface area contributed by atoms with E-state index in [1.54, 1.807) is 26.0 Å². The molecule has 202 valence electrons. The van der Waals surface area contributed by atoms with Crippen molar-refractivity contribution in [3.05, 3.63) is 35.0 Å². The Kier molecular flexibility index (Phi) is 8.80. The summed E-state index contributed by atoms with van der Waals surface area (Å²) in [7, 11) is 5.23. The van der Waals surface area contributed by atoms with Crippen molar-refractivity contribution in [2.45, 2.75) is 76.5 Å². The lowest BCUT2D eigenvalue weighted by Crippen LogP contribution is -2.56. The molecule has 2 heterocycles. The first-order chi connectivity index (χ1) is 17.7. The van der Waals surface area contributed by atoms with Crippen LogP contribution in [-0.4, -0.2) is 77.9 Å². The fourth-order valence-electron chi connectivity index (χ4n) is 5.81. The number of likely N-dealkylation sites (tertiary alicyclic amines) is 1. The average Bonchev–Trinajstić information content (AvgIpc) is 3.50.